The second-order valence-corrected chi connectivity index (χ2v) is 4.90. The lowest BCUT2D eigenvalue weighted by atomic mass is 10.2. The van der Waals surface area contributed by atoms with Crippen molar-refractivity contribution in [2.45, 2.75) is 6.92 Å². The van der Waals surface area contributed by atoms with E-state index in [0.717, 1.165) is 0 Å². The van der Waals surface area contributed by atoms with E-state index in [4.69, 9.17) is 9.47 Å². The van der Waals surface area contributed by atoms with Gasteiger partial charge < -0.3 is 20.1 Å². The maximum Gasteiger partial charge on any atom is 0.255 e. The van der Waals surface area contributed by atoms with Crippen molar-refractivity contribution in [2.24, 2.45) is 0 Å². The molecule has 0 radical (unpaired) electrons. The quantitative estimate of drug-likeness (QED) is 0.913. The first-order valence-electron chi connectivity index (χ1n) is 6.81. The maximum atomic E-state index is 13.6. The van der Waals surface area contributed by atoms with Crippen molar-refractivity contribution in [1.29, 1.82) is 0 Å². The molecule has 0 atom stereocenters. The molecule has 0 aromatic heterocycles. The Hall–Kier alpha value is -3.09. The predicted octanol–water partition coefficient (Wildman–Crippen LogP) is 2.77. The summed E-state index contributed by atoms with van der Waals surface area (Å²) in [5.74, 6) is -0.292. The number of anilines is 2. The van der Waals surface area contributed by atoms with Crippen LogP contribution in [-0.4, -0.2) is 18.6 Å². The van der Waals surface area contributed by atoms with Crippen molar-refractivity contribution >= 4 is 23.2 Å². The van der Waals surface area contributed by atoms with Crippen molar-refractivity contribution in [3.8, 4) is 11.5 Å². The molecule has 118 valence electrons. The average molecular weight is 316 g/mol. The summed E-state index contributed by atoms with van der Waals surface area (Å²) in [7, 11) is 0. The third-order valence-electron chi connectivity index (χ3n) is 3.17. The van der Waals surface area contributed by atoms with Crippen LogP contribution in [0.2, 0.25) is 0 Å². The largest absolute Gasteiger partial charge is 0.454 e. The van der Waals surface area contributed by atoms with Gasteiger partial charge in [0.1, 0.15) is 5.82 Å². The van der Waals surface area contributed by atoms with Crippen LogP contribution in [0.1, 0.15) is 17.3 Å². The minimum atomic E-state index is -0.582. The summed E-state index contributed by atoms with van der Waals surface area (Å²) >= 11 is 0. The summed E-state index contributed by atoms with van der Waals surface area (Å²) in [5, 5.41) is 5.00. The van der Waals surface area contributed by atoms with Crippen LogP contribution in [0.25, 0.3) is 0 Å². The van der Waals surface area contributed by atoms with Crippen LogP contribution in [0.5, 0.6) is 11.5 Å². The van der Waals surface area contributed by atoms with E-state index in [0.29, 0.717) is 22.7 Å². The third-order valence-corrected chi connectivity index (χ3v) is 3.17. The molecule has 2 N–H and O–H groups in total. The smallest absolute Gasteiger partial charge is 0.255 e. The number of hydrogen-bond acceptors (Lipinski definition) is 4. The Labute approximate surface area is 131 Å². The van der Waals surface area contributed by atoms with Crippen LogP contribution in [0.4, 0.5) is 15.8 Å². The van der Waals surface area contributed by atoms with Gasteiger partial charge in [-0.25, -0.2) is 4.39 Å². The number of ether oxygens (including phenoxy) is 2. The van der Waals surface area contributed by atoms with Gasteiger partial charge in [-0.15, -0.1) is 0 Å². The number of amides is 2. The van der Waals surface area contributed by atoms with Gasteiger partial charge in [-0.2, -0.15) is 0 Å². The minimum Gasteiger partial charge on any atom is -0.454 e. The van der Waals surface area contributed by atoms with Gasteiger partial charge in [0.2, 0.25) is 12.7 Å². The van der Waals surface area contributed by atoms with Gasteiger partial charge >= 0.3 is 0 Å². The number of carbonyl (C=O) groups is 2. The van der Waals surface area contributed by atoms with E-state index in [-0.39, 0.29) is 18.4 Å². The number of halogens is 1. The number of carbonyl (C=O) groups excluding carboxylic acids is 2. The molecule has 1 heterocycles. The average Bonchev–Trinajstić information content (AvgIpc) is 2.97. The Kier molecular flexibility index (Phi) is 3.84. The van der Waals surface area contributed by atoms with Gasteiger partial charge in [0.05, 0.1) is 5.69 Å². The molecule has 0 aliphatic carbocycles. The lowest BCUT2D eigenvalue weighted by Crippen LogP contribution is -2.13. The molecular weight excluding hydrogens is 303 g/mol. The first kappa shape index (κ1) is 14.8. The lowest BCUT2D eigenvalue weighted by Gasteiger charge is -2.09. The molecule has 3 rings (SSSR count). The van der Waals surface area contributed by atoms with Gasteiger partial charge in [-0.1, -0.05) is 0 Å². The predicted molar refractivity (Wildman–Crippen MR) is 81.2 cm³/mol. The SMILES string of the molecule is CC(=O)Nc1cc(NC(=O)c2ccc3c(c2)OCO3)ccc1F. The van der Waals surface area contributed by atoms with E-state index in [1.165, 1.54) is 25.1 Å². The number of nitrogens with one attached hydrogen (secondary N) is 2. The Balaban J connectivity index is 1.78. The zero-order chi connectivity index (χ0) is 16.4. The third kappa shape index (κ3) is 3.23. The molecule has 0 bridgehead atoms. The topological polar surface area (TPSA) is 76.7 Å². The molecule has 1 aliphatic rings. The molecular formula is C16H13FN2O4. The van der Waals surface area contributed by atoms with Crippen LogP contribution in [0, 0.1) is 5.82 Å². The van der Waals surface area contributed by atoms with Crippen LogP contribution >= 0.6 is 0 Å². The molecule has 0 saturated heterocycles. The molecule has 6 nitrogen and oxygen atoms in total. The van der Waals surface area contributed by atoms with E-state index in [2.05, 4.69) is 10.6 Å². The first-order chi connectivity index (χ1) is 11.0. The fraction of sp³-hybridized carbons (Fsp3) is 0.125. The standard InChI is InChI=1S/C16H13FN2O4/c1-9(20)18-13-7-11(3-4-12(13)17)19-16(21)10-2-5-14-15(6-10)23-8-22-14/h2-7H,8H2,1H3,(H,18,20)(H,19,21). The van der Waals surface area contributed by atoms with Crippen LogP contribution in [0.3, 0.4) is 0 Å². The highest BCUT2D eigenvalue weighted by atomic mass is 19.1. The normalized spacial score (nSPS) is 11.9. The highest BCUT2D eigenvalue weighted by molar-refractivity contribution is 6.05. The molecule has 2 aromatic rings. The molecule has 7 heteroatoms. The zero-order valence-corrected chi connectivity index (χ0v) is 12.2. The van der Waals surface area contributed by atoms with Crippen LogP contribution < -0.4 is 20.1 Å². The Morgan fingerprint density at radius 3 is 2.61 bits per heavy atom. The van der Waals surface area contributed by atoms with Gasteiger partial charge in [0, 0.05) is 18.2 Å². The summed E-state index contributed by atoms with van der Waals surface area (Å²) in [5.41, 5.74) is 0.735. The summed E-state index contributed by atoms with van der Waals surface area (Å²) in [6.07, 6.45) is 0. The number of fused-ring (bicyclic) bond motifs is 1. The molecule has 1 aliphatic heterocycles. The fourth-order valence-corrected chi connectivity index (χ4v) is 2.13. The van der Waals surface area contributed by atoms with E-state index in [1.54, 1.807) is 18.2 Å². The molecule has 0 saturated carbocycles. The van der Waals surface area contributed by atoms with Gasteiger partial charge in [0.15, 0.2) is 11.5 Å². The Morgan fingerprint density at radius 2 is 1.83 bits per heavy atom. The van der Waals surface area contributed by atoms with Crippen LogP contribution in [0.15, 0.2) is 36.4 Å². The lowest BCUT2D eigenvalue weighted by molar-refractivity contribution is -0.114. The number of benzene rings is 2. The van der Waals surface area contributed by atoms with Crippen molar-refractivity contribution in [3.63, 3.8) is 0 Å². The van der Waals surface area contributed by atoms with Crippen molar-refractivity contribution in [3.05, 3.63) is 47.8 Å². The molecule has 2 aromatic carbocycles. The summed E-state index contributed by atoms with van der Waals surface area (Å²) in [6, 6.07) is 8.73. The van der Waals surface area contributed by atoms with E-state index >= 15 is 0 Å². The maximum absolute atomic E-state index is 13.6. The molecule has 2 amide bonds. The second-order valence-electron chi connectivity index (χ2n) is 4.90. The monoisotopic (exact) mass is 316 g/mol. The minimum absolute atomic E-state index is 0.000914. The summed E-state index contributed by atoms with van der Waals surface area (Å²) < 4.78 is 24.0. The summed E-state index contributed by atoms with van der Waals surface area (Å²) in [4.78, 5) is 23.3. The van der Waals surface area contributed by atoms with Crippen molar-refractivity contribution in [2.75, 3.05) is 17.4 Å². The molecule has 23 heavy (non-hydrogen) atoms. The number of rotatable bonds is 3. The number of hydrogen-bond donors (Lipinski definition) is 2. The van der Waals surface area contributed by atoms with Gasteiger partial charge in [-0.05, 0) is 36.4 Å². The van der Waals surface area contributed by atoms with Gasteiger partial charge in [0.25, 0.3) is 5.91 Å². The zero-order valence-electron chi connectivity index (χ0n) is 12.2. The van der Waals surface area contributed by atoms with Gasteiger partial charge in [-0.3, -0.25) is 9.59 Å². The second kappa shape index (κ2) is 5.96. The van der Waals surface area contributed by atoms with Crippen molar-refractivity contribution < 1.29 is 23.5 Å². The molecule has 0 spiro atoms. The van der Waals surface area contributed by atoms with E-state index in [1.807, 2.05) is 0 Å². The highest BCUT2D eigenvalue weighted by Gasteiger charge is 2.16. The summed E-state index contributed by atoms with van der Waals surface area (Å²) in [6.45, 7) is 1.40. The first-order valence-corrected chi connectivity index (χ1v) is 6.81. The fourth-order valence-electron chi connectivity index (χ4n) is 2.13. The van der Waals surface area contributed by atoms with Crippen LogP contribution in [-0.2, 0) is 4.79 Å². The Morgan fingerprint density at radius 1 is 1.04 bits per heavy atom. The Bertz CT molecular complexity index is 792. The van der Waals surface area contributed by atoms with E-state index in [9.17, 15) is 14.0 Å². The highest BCUT2D eigenvalue weighted by Crippen LogP contribution is 2.32. The molecule has 0 unspecified atom stereocenters. The molecule has 0 fully saturated rings. The van der Waals surface area contributed by atoms with Crippen molar-refractivity contribution in [1.82, 2.24) is 0 Å². The van der Waals surface area contributed by atoms with E-state index < -0.39 is 11.7 Å².